The maximum atomic E-state index is 13.0. The minimum absolute atomic E-state index is 0.164. The van der Waals surface area contributed by atoms with Crippen molar-refractivity contribution in [3.8, 4) is 23.0 Å². The molecular weight excluding hydrogens is 460 g/mol. The maximum Gasteiger partial charge on any atom is 0.253 e. The monoisotopic (exact) mass is 492 g/mol. The van der Waals surface area contributed by atoms with Crippen molar-refractivity contribution in [2.75, 3.05) is 42.5 Å². The molecule has 0 aliphatic carbocycles. The van der Waals surface area contributed by atoms with Crippen LogP contribution in [-0.4, -0.2) is 64.1 Å². The van der Waals surface area contributed by atoms with Gasteiger partial charge in [0.05, 0.1) is 28.4 Å². The fourth-order valence-corrected chi connectivity index (χ4v) is 3.82. The first-order chi connectivity index (χ1) is 17.3. The normalized spacial score (nSPS) is 10.4. The molecule has 3 aromatic rings. The lowest BCUT2D eigenvalue weighted by Crippen LogP contribution is -2.27. The summed E-state index contributed by atoms with van der Waals surface area (Å²) in [6.07, 6.45) is 0. The van der Waals surface area contributed by atoms with E-state index in [0.29, 0.717) is 47.2 Å². The minimum atomic E-state index is -0.164. The Labute approximate surface area is 211 Å². The van der Waals surface area contributed by atoms with Crippen LogP contribution in [0.15, 0.2) is 60.7 Å². The molecule has 0 aromatic heterocycles. The predicted octanol–water partition coefficient (Wildman–Crippen LogP) is 4.27. The van der Waals surface area contributed by atoms with Crippen LogP contribution in [0, 0.1) is 0 Å². The lowest BCUT2D eigenvalue weighted by Gasteiger charge is -2.21. The highest BCUT2D eigenvalue weighted by Gasteiger charge is 2.18. The Kier molecular flexibility index (Phi) is 8.78. The largest absolute Gasteiger partial charge is 0.497 e. The van der Waals surface area contributed by atoms with Gasteiger partial charge in [-0.15, -0.1) is 0 Å². The highest BCUT2D eigenvalue weighted by molar-refractivity contribution is 5.97. The number of ether oxygens (including phenoxy) is 4. The van der Waals surface area contributed by atoms with Crippen LogP contribution in [0.3, 0.4) is 0 Å². The standard InChI is InChI=1S/C28H32N2O6/c1-29(17-21-11-13-23(33-3)15-25(21)35-5)27(31)19-7-9-20(10-8-19)28(32)30(2)18-22-12-14-24(34-4)16-26(22)36-6/h7-16H,17-18H2,1-6H3. The van der Waals surface area contributed by atoms with Gasteiger partial charge >= 0.3 is 0 Å². The van der Waals surface area contributed by atoms with Gasteiger partial charge in [0.1, 0.15) is 23.0 Å². The van der Waals surface area contributed by atoms with Gasteiger partial charge in [0, 0.05) is 61.6 Å². The van der Waals surface area contributed by atoms with Crippen molar-refractivity contribution in [1.82, 2.24) is 9.80 Å². The van der Waals surface area contributed by atoms with E-state index in [1.807, 2.05) is 24.3 Å². The van der Waals surface area contributed by atoms with E-state index >= 15 is 0 Å². The van der Waals surface area contributed by atoms with Crippen LogP contribution in [0.25, 0.3) is 0 Å². The molecule has 0 spiro atoms. The third-order valence-corrected chi connectivity index (χ3v) is 5.88. The molecule has 0 saturated heterocycles. The summed E-state index contributed by atoms with van der Waals surface area (Å²) in [6, 6.07) is 17.6. The first kappa shape index (κ1) is 26.4. The molecule has 0 bridgehead atoms. The highest BCUT2D eigenvalue weighted by atomic mass is 16.5. The van der Waals surface area contributed by atoms with E-state index in [9.17, 15) is 9.59 Å². The lowest BCUT2D eigenvalue weighted by molar-refractivity contribution is 0.0772. The molecule has 8 heteroatoms. The maximum absolute atomic E-state index is 13.0. The van der Waals surface area contributed by atoms with Crippen molar-refractivity contribution in [3.63, 3.8) is 0 Å². The molecule has 0 atom stereocenters. The summed E-state index contributed by atoms with van der Waals surface area (Å²) in [5.41, 5.74) is 2.69. The van der Waals surface area contributed by atoms with Crippen LogP contribution >= 0.6 is 0 Å². The van der Waals surface area contributed by atoms with Gasteiger partial charge in [0.2, 0.25) is 0 Å². The molecule has 0 heterocycles. The van der Waals surface area contributed by atoms with Crippen molar-refractivity contribution < 1.29 is 28.5 Å². The van der Waals surface area contributed by atoms with Crippen molar-refractivity contribution >= 4 is 11.8 Å². The van der Waals surface area contributed by atoms with Crippen LogP contribution in [0.1, 0.15) is 31.8 Å². The first-order valence-corrected chi connectivity index (χ1v) is 11.3. The van der Waals surface area contributed by atoms with E-state index in [0.717, 1.165) is 11.1 Å². The van der Waals surface area contributed by atoms with E-state index in [1.54, 1.807) is 88.7 Å². The van der Waals surface area contributed by atoms with Gasteiger partial charge in [0.25, 0.3) is 11.8 Å². The Balaban J connectivity index is 1.67. The summed E-state index contributed by atoms with van der Waals surface area (Å²) in [7, 11) is 9.79. The zero-order valence-corrected chi connectivity index (χ0v) is 21.5. The molecule has 0 unspecified atom stereocenters. The number of nitrogens with zero attached hydrogens (tertiary/aromatic N) is 2. The number of carbonyl (C=O) groups excluding carboxylic acids is 2. The molecule has 0 aliphatic rings. The van der Waals surface area contributed by atoms with Crippen LogP contribution < -0.4 is 18.9 Å². The van der Waals surface area contributed by atoms with Gasteiger partial charge in [-0.25, -0.2) is 0 Å². The number of hydrogen-bond acceptors (Lipinski definition) is 6. The summed E-state index contributed by atoms with van der Waals surface area (Å²) in [6.45, 7) is 0.720. The number of carbonyl (C=O) groups is 2. The number of amides is 2. The van der Waals surface area contributed by atoms with E-state index in [2.05, 4.69) is 0 Å². The molecule has 0 radical (unpaired) electrons. The fourth-order valence-electron chi connectivity index (χ4n) is 3.82. The second kappa shape index (κ2) is 12.0. The molecule has 190 valence electrons. The van der Waals surface area contributed by atoms with Crippen LogP contribution in [0.2, 0.25) is 0 Å². The molecule has 0 N–H and O–H groups in total. The summed E-state index contributed by atoms with van der Waals surface area (Å²) in [5.74, 6) is 2.32. The van der Waals surface area contributed by atoms with Gasteiger partial charge in [-0.05, 0) is 48.5 Å². The topological polar surface area (TPSA) is 77.5 Å². The molecule has 0 fully saturated rings. The van der Waals surface area contributed by atoms with Crippen molar-refractivity contribution in [2.45, 2.75) is 13.1 Å². The van der Waals surface area contributed by atoms with E-state index < -0.39 is 0 Å². The minimum Gasteiger partial charge on any atom is -0.497 e. The van der Waals surface area contributed by atoms with Crippen molar-refractivity contribution in [3.05, 3.63) is 82.9 Å². The Morgan fingerprint density at radius 2 is 0.944 bits per heavy atom. The Morgan fingerprint density at radius 3 is 1.25 bits per heavy atom. The predicted molar refractivity (Wildman–Crippen MR) is 137 cm³/mol. The molecule has 3 rings (SSSR count). The number of benzene rings is 3. The Bertz CT molecular complexity index is 1110. The summed E-state index contributed by atoms with van der Waals surface area (Å²) in [5, 5.41) is 0. The Morgan fingerprint density at radius 1 is 0.583 bits per heavy atom. The van der Waals surface area contributed by atoms with E-state index in [4.69, 9.17) is 18.9 Å². The van der Waals surface area contributed by atoms with Gasteiger partial charge in [0.15, 0.2) is 0 Å². The van der Waals surface area contributed by atoms with Crippen LogP contribution in [0.5, 0.6) is 23.0 Å². The SMILES string of the molecule is COc1ccc(CN(C)C(=O)c2ccc(C(=O)N(C)Cc3ccc(OC)cc3OC)cc2)c(OC)c1. The summed E-state index contributed by atoms with van der Waals surface area (Å²) < 4.78 is 21.3. The molecule has 8 nitrogen and oxygen atoms in total. The lowest BCUT2D eigenvalue weighted by atomic mass is 10.1. The van der Waals surface area contributed by atoms with Crippen molar-refractivity contribution in [2.24, 2.45) is 0 Å². The third-order valence-electron chi connectivity index (χ3n) is 5.88. The van der Waals surface area contributed by atoms with E-state index in [1.165, 1.54) is 0 Å². The van der Waals surface area contributed by atoms with Gasteiger partial charge < -0.3 is 28.7 Å². The molecule has 36 heavy (non-hydrogen) atoms. The van der Waals surface area contributed by atoms with Gasteiger partial charge in [-0.2, -0.15) is 0 Å². The zero-order chi connectivity index (χ0) is 26.2. The molecule has 0 saturated carbocycles. The molecule has 2 amide bonds. The number of methoxy groups -OCH3 is 4. The van der Waals surface area contributed by atoms with Crippen LogP contribution in [-0.2, 0) is 13.1 Å². The highest BCUT2D eigenvalue weighted by Crippen LogP contribution is 2.27. The van der Waals surface area contributed by atoms with E-state index in [-0.39, 0.29) is 11.8 Å². The summed E-state index contributed by atoms with van der Waals surface area (Å²) >= 11 is 0. The molecule has 0 aliphatic heterocycles. The first-order valence-electron chi connectivity index (χ1n) is 11.3. The third kappa shape index (κ3) is 6.07. The van der Waals surface area contributed by atoms with Gasteiger partial charge in [-0.3, -0.25) is 9.59 Å². The van der Waals surface area contributed by atoms with Crippen LogP contribution in [0.4, 0.5) is 0 Å². The second-order valence-corrected chi connectivity index (χ2v) is 8.26. The Hall–Kier alpha value is -4.20. The zero-order valence-electron chi connectivity index (χ0n) is 21.5. The van der Waals surface area contributed by atoms with Gasteiger partial charge in [-0.1, -0.05) is 0 Å². The number of hydrogen-bond donors (Lipinski definition) is 0. The number of rotatable bonds is 10. The quantitative estimate of drug-likeness (QED) is 0.421. The average Bonchev–Trinajstić information content (AvgIpc) is 2.92. The fraction of sp³-hybridized carbons (Fsp3) is 0.286. The van der Waals surface area contributed by atoms with Crippen molar-refractivity contribution in [1.29, 1.82) is 0 Å². The summed E-state index contributed by atoms with van der Waals surface area (Å²) in [4.78, 5) is 29.2. The molecule has 3 aromatic carbocycles. The smallest absolute Gasteiger partial charge is 0.253 e. The average molecular weight is 493 g/mol. The second-order valence-electron chi connectivity index (χ2n) is 8.26. The molecular formula is C28H32N2O6.